The third kappa shape index (κ3) is 12.9. The van der Waals surface area contributed by atoms with Crippen LogP contribution in [0.15, 0.2) is 14.5 Å². The Morgan fingerprint density at radius 2 is 1.75 bits per heavy atom. The standard InChI is InChI=1S/C38H62N6O11S4/c1-10-28(43-59(50,51)32-21-27-29(39-12-3)20-24(4)58(48,49)36(27)56-32)33(47)25(5)38(9,11-2)55-31(46)15-13-14-30(45)54-26(22-40-37(6,7)8)23-53-35-34(41-57-42-35)44-16-18-52-19-17-44/h21,24-26,28-29,39-40,43H,10-20,22-23H2,1-9H3/t24-,25-,26-,28?,29-,38?/m0/s1. The van der Waals surface area contributed by atoms with Gasteiger partial charge in [-0.1, -0.05) is 27.7 Å². The van der Waals surface area contributed by atoms with Crippen molar-refractivity contribution in [2.24, 2.45) is 5.92 Å². The average molecular weight is 907 g/mol. The van der Waals surface area contributed by atoms with Crippen molar-refractivity contribution < 1.29 is 50.2 Å². The molecule has 4 rings (SSSR count). The number of Topliss-reactive ketones (excluding diaryl/α,β-unsaturated/α-hetero) is 1. The quantitative estimate of drug-likeness (QED) is 0.141. The molecule has 2 aliphatic heterocycles. The summed E-state index contributed by atoms with van der Waals surface area (Å²) in [4.78, 5) is 42.1. The summed E-state index contributed by atoms with van der Waals surface area (Å²) in [5, 5.41) is 5.90. The number of carbonyl (C=O) groups is 3. The SMILES string of the molecule is CCN[C@H]1C[C@H](C)S(=O)(=O)c2sc(S(=O)(=O)NC(CC)C(=O)[C@H](C)C(C)(CC)OC(=O)CCCC(=O)O[C@@H](CNC(C)(C)C)COc3nsnc3N3CCOCC3)cc21. The van der Waals surface area contributed by atoms with E-state index in [2.05, 4.69) is 24.1 Å². The zero-order valence-corrected chi connectivity index (χ0v) is 38.9. The van der Waals surface area contributed by atoms with Crippen LogP contribution in [0.3, 0.4) is 0 Å². The lowest BCUT2D eigenvalue weighted by atomic mass is 9.82. The summed E-state index contributed by atoms with van der Waals surface area (Å²) in [6.45, 7) is 19.5. The van der Waals surface area contributed by atoms with Crippen LogP contribution in [0.5, 0.6) is 5.88 Å². The molecular weight excluding hydrogens is 845 g/mol. The highest BCUT2D eigenvalue weighted by Gasteiger charge is 2.43. The molecule has 3 N–H and O–H groups in total. The topological polar surface area (TPSA) is 222 Å². The first kappa shape index (κ1) is 48.9. The molecule has 21 heteroatoms. The van der Waals surface area contributed by atoms with Crippen LogP contribution in [0.2, 0.25) is 0 Å². The van der Waals surface area contributed by atoms with Crippen LogP contribution in [0.1, 0.15) is 112 Å². The Kier molecular flexibility index (Phi) is 17.3. The van der Waals surface area contributed by atoms with Gasteiger partial charge in [0.1, 0.15) is 26.7 Å². The molecule has 4 heterocycles. The van der Waals surface area contributed by atoms with Gasteiger partial charge in [0.05, 0.1) is 42.2 Å². The lowest BCUT2D eigenvalue weighted by Crippen LogP contribution is -2.49. The number of morpholine rings is 1. The number of rotatable bonds is 22. The zero-order chi connectivity index (χ0) is 43.8. The van der Waals surface area contributed by atoms with Gasteiger partial charge in [-0.25, -0.2) is 16.8 Å². The summed E-state index contributed by atoms with van der Waals surface area (Å²) in [6, 6.07) is -0.111. The maximum atomic E-state index is 13.9. The fourth-order valence-corrected chi connectivity index (χ4v) is 12.5. The lowest BCUT2D eigenvalue weighted by Gasteiger charge is -2.35. The highest BCUT2D eigenvalue weighted by Crippen LogP contribution is 2.43. The minimum Gasteiger partial charge on any atom is -0.470 e. The van der Waals surface area contributed by atoms with E-state index in [1.54, 1.807) is 34.6 Å². The van der Waals surface area contributed by atoms with Gasteiger partial charge in [0, 0.05) is 49.6 Å². The maximum absolute atomic E-state index is 13.9. The van der Waals surface area contributed by atoms with E-state index in [9.17, 15) is 31.2 Å². The van der Waals surface area contributed by atoms with E-state index in [0.717, 1.165) is 11.7 Å². The number of anilines is 1. The molecule has 0 spiro atoms. The molecular formula is C38H62N6O11S4. The molecule has 0 amide bonds. The second-order valence-corrected chi connectivity index (χ2v) is 22.3. The Morgan fingerprint density at radius 3 is 2.37 bits per heavy atom. The van der Waals surface area contributed by atoms with Crippen molar-refractivity contribution in [3.8, 4) is 5.88 Å². The summed E-state index contributed by atoms with van der Waals surface area (Å²) in [5.74, 6) is -1.56. The number of esters is 2. The number of fused-ring (bicyclic) bond motifs is 1. The molecule has 0 aromatic carbocycles. The van der Waals surface area contributed by atoms with E-state index >= 15 is 0 Å². The normalized spacial score (nSPS) is 20.8. The number of hydrogen-bond donors (Lipinski definition) is 3. The zero-order valence-electron chi connectivity index (χ0n) is 35.6. The molecule has 1 fully saturated rings. The van der Waals surface area contributed by atoms with Crippen molar-refractivity contribution in [1.82, 2.24) is 24.1 Å². The number of ether oxygens (including phenoxy) is 4. The van der Waals surface area contributed by atoms with Gasteiger partial charge in [-0.05, 0) is 72.9 Å². The fourth-order valence-electron chi connectivity index (χ4n) is 6.72. The van der Waals surface area contributed by atoms with E-state index in [-0.39, 0.29) is 58.7 Å². The average Bonchev–Trinajstić information content (AvgIpc) is 3.86. The molecule has 334 valence electrons. The molecule has 0 bridgehead atoms. The third-order valence-electron chi connectivity index (χ3n) is 10.7. The number of hydrogen-bond acceptors (Lipinski definition) is 18. The predicted octanol–water partition coefficient (Wildman–Crippen LogP) is 4.18. The van der Waals surface area contributed by atoms with E-state index in [1.807, 2.05) is 32.6 Å². The van der Waals surface area contributed by atoms with Gasteiger partial charge < -0.3 is 34.5 Å². The summed E-state index contributed by atoms with van der Waals surface area (Å²) >= 11 is 1.72. The number of thiophene rings is 1. The van der Waals surface area contributed by atoms with Gasteiger partial charge in [0.2, 0.25) is 5.82 Å². The van der Waals surface area contributed by atoms with Crippen LogP contribution >= 0.6 is 23.1 Å². The molecule has 0 aliphatic carbocycles. The van der Waals surface area contributed by atoms with Crippen LogP contribution in [0, 0.1) is 5.92 Å². The monoisotopic (exact) mass is 906 g/mol. The summed E-state index contributed by atoms with van der Waals surface area (Å²) in [6.07, 6.45) is -0.0635. The summed E-state index contributed by atoms with van der Waals surface area (Å²) in [7, 11) is -8.03. The summed E-state index contributed by atoms with van der Waals surface area (Å²) in [5.41, 5.74) is -1.13. The molecule has 17 nitrogen and oxygen atoms in total. The van der Waals surface area contributed by atoms with Crippen molar-refractivity contribution in [2.75, 3.05) is 50.9 Å². The van der Waals surface area contributed by atoms with E-state index in [1.165, 1.54) is 6.07 Å². The van der Waals surface area contributed by atoms with Gasteiger partial charge in [-0.15, -0.1) is 15.7 Å². The van der Waals surface area contributed by atoms with Crippen LogP contribution in [-0.2, 0) is 48.5 Å². The van der Waals surface area contributed by atoms with Crippen molar-refractivity contribution in [3.63, 3.8) is 0 Å². The number of sulfone groups is 1. The first-order valence-corrected chi connectivity index (χ1v) is 24.8. The third-order valence-corrected chi connectivity index (χ3v) is 17.0. The smallest absolute Gasteiger partial charge is 0.306 e. The van der Waals surface area contributed by atoms with Gasteiger partial charge >= 0.3 is 11.9 Å². The molecule has 2 unspecified atom stereocenters. The van der Waals surface area contributed by atoms with Gasteiger partial charge in [0.15, 0.2) is 15.6 Å². The minimum atomic E-state index is -4.31. The van der Waals surface area contributed by atoms with Crippen molar-refractivity contribution in [3.05, 3.63) is 11.6 Å². The highest BCUT2D eigenvalue weighted by atomic mass is 32.3. The van der Waals surface area contributed by atoms with Crippen LogP contribution in [0.4, 0.5) is 5.82 Å². The fraction of sp³-hybridized carbons (Fsp3) is 0.763. The minimum absolute atomic E-state index is 0.0167. The Hall–Kier alpha value is -2.79. The molecule has 2 aromatic rings. The predicted molar refractivity (Wildman–Crippen MR) is 225 cm³/mol. The molecule has 0 saturated carbocycles. The first-order valence-electron chi connectivity index (χ1n) is 20.3. The van der Waals surface area contributed by atoms with Crippen LogP contribution in [0.25, 0.3) is 0 Å². The van der Waals surface area contributed by atoms with Gasteiger partial charge in [-0.2, -0.15) is 9.10 Å². The molecule has 2 aliphatic rings. The number of nitrogens with zero attached hydrogens (tertiary/aromatic N) is 3. The van der Waals surface area contributed by atoms with Gasteiger partial charge in [-0.3, -0.25) is 14.4 Å². The lowest BCUT2D eigenvalue weighted by molar-refractivity contribution is -0.166. The Balaban J connectivity index is 1.33. The second kappa shape index (κ2) is 20.9. The summed E-state index contributed by atoms with van der Waals surface area (Å²) < 4.78 is 87.7. The highest BCUT2D eigenvalue weighted by molar-refractivity contribution is 7.95. The molecule has 2 aromatic heterocycles. The van der Waals surface area contributed by atoms with Crippen molar-refractivity contribution >= 4 is 66.5 Å². The second-order valence-electron chi connectivity index (χ2n) is 16.3. The first-order chi connectivity index (χ1) is 27.7. The van der Waals surface area contributed by atoms with E-state index in [0.29, 0.717) is 74.4 Å². The number of ketones is 1. The Labute approximate surface area is 357 Å². The van der Waals surface area contributed by atoms with Crippen molar-refractivity contribution in [1.29, 1.82) is 0 Å². The largest absolute Gasteiger partial charge is 0.470 e. The van der Waals surface area contributed by atoms with Crippen LogP contribution < -0.4 is 25.0 Å². The number of nitrogens with one attached hydrogen (secondary N) is 3. The number of carbonyl (C=O) groups excluding carboxylic acids is 3. The maximum Gasteiger partial charge on any atom is 0.306 e. The Morgan fingerprint density at radius 1 is 1.07 bits per heavy atom. The van der Waals surface area contributed by atoms with Gasteiger partial charge in [0.25, 0.3) is 15.9 Å². The number of sulfonamides is 1. The molecule has 59 heavy (non-hydrogen) atoms. The van der Waals surface area contributed by atoms with Crippen LogP contribution in [-0.4, -0.2) is 118 Å². The molecule has 0 radical (unpaired) electrons. The van der Waals surface area contributed by atoms with E-state index < -0.39 is 66.5 Å². The number of aromatic nitrogens is 2. The van der Waals surface area contributed by atoms with E-state index in [4.69, 9.17) is 18.9 Å². The molecule has 6 atom stereocenters. The Bertz CT molecular complexity index is 1960. The molecule has 1 saturated heterocycles. The van der Waals surface area contributed by atoms with Crippen molar-refractivity contribution in [2.45, 2.75) is 144 Å².